The van der Waals surface area contributed by atoms with Crippen molar-refractivity contribution in [2.24, 2.45) is 0 Å². The molecule has 150 valence electrons. The molecule has 0 aliphatic carbocycles. The minimum Gasteiger partial charge on any atom is -0.487 e. The third-order valence-corrected chi connectivity index (χ3v) is 4.35. The molecule has 2 aromatic heterocycles. The molecule has 0 aliphatic rings. The van der Waals surface area contributed by atoms with Crippen LogP contribution in [-0.2, 0) is 11.3 Å². The van der Waals surface area contributed by atoms with Gasteiger partial charge in [0.2, 0.25) is 0 Å². The molecule has 7 heteroatoms. The summed E-state index contributed by atoms with van der Waals surface area (Å²) in [6.07, 6.45) is 1.71. The van der Waals surface area contributed by atoms with Crippen LogP contribution in [0.15, 0.2) is 48.7 Å². The highest BCUT2D eigenvalue weighted by molar-refractivity contribution is 6.06. The minimum absolute atomic E-state index is 0.274. The van der Waals surface area contributed by atoms with Crippen molar-refractivity contribution in [1.29, 1.82) is 0 Å². The molecule has 29 heavy (non-hydrogen) atoms. The molecule has 3 aromatic rings. The van der Waals surface area contributed by atoms with Crippen molar-refractivity contribution in [2.45, 2.75) is 27.4 Å². The summed E-state index contributed by atoms with van der Waals surface area (Å²) in [6.45, 7) is 5.80. The fraction of sp³-hybridized carbons (Fsp3) is 0.227. The number of esters is 1. The number of aromatic amines is 1. The van der Waals surface area contributed by atoms with E-state index >= 15 is 0 Å². The van der Waals surface area contributed by atoms with Crippen molar-refractivity contribution >= 4 is 17.6 Å². The van der Waals surface area contributed by atoms with Gasteiger partial charge in [-0.05, 0) is 50.6 Å². The maximum atomic E-state index is 12.7. The molecule has 0 saturated carbocycles. The summed E-state index contributed by atoms with van der Waals surface area (Å²) in [5.74, 6) is -0.175. The highest BCUT2D eigenvalue weighted by Crippen LogP contribution is 2.22. The number of ether oxygens (including phenoxy) is 2. The smallest absolute Gasteiger partial charge is 0.340 e. The molecule has 0 atom stereocenters. The summed E-state index contributed by atoms with van der Waals surface area (Å²) < 4.78 is 10.8. The second-order valence-corrected chi connectivity index (χ2v) is 6.44. The summed E-state index contributed by atoms with van der Waals surface area (Å²) in [5, 5.41) is 2.83. The van der Waals surface area contributed by atoms with Gasteiger partial charge < -0.3 is 19.8 Å². The Morgan fingerprint density at radius 1 is 1.14 bits per heavy atom. The predicted octanol–water partition coefficient (Wildman–Crippen LogP) is 4.03. The van der Waals surface area contributed by atoms with Gasteiger partial charge in [-0.3, -0.25) is 9.78 Å². The van der Waals surface area contributed by atoms with E-state index in [4.69, 9.17) is 9.47 Å². The minimum atomic E-state index is -0.442. The van der Waals surface area contributed by atoms with Crippen LogP contribution in [0.4, 0.5) is 5.69 Å². The number of H-pyrrole nitrogens is 1. The number of anilines is 1. The lowest BCUT2D eigenvalue weighted by atomic mass is 10.1. The zero-order valence-electron chi connectivity index (χ0n) is 16.6. The molecule has 2 heterocycles. The molecule has 1 amide bonds. The summed E-state index contributed by atoms with van der Waals surface area (Å²) in [6, 6.07) is 12.7. The van der Waals surface area contributed by atoms with Gasteiger partial charge in [0.1, 0.15) is 18.1 Å². The predicted molar refractivity (Wildman–Crippen MR) is 109 cm³/mol. The van der Waals surface area contributed by atoms with E-state index in [-0.39, 0.29) is 12.5 Å². The van der Waals surface area contributed by atoms with Gasteiger partial charge in [-0.1, -0.05) is 12.1 Å². The monoisotopic (exact) mass is 393 g/mol. The molecule has 0 radical (unpaired) electrons. The van der Waals surface area contributed by atoms with Gasteiger partial charge in [-0.2, -0.15) is 0 Å². The average Bonchev–Trinajstić information content (AvgIpc) is 3.02. The number of hydrogen-bond acceptors (Lipinski definition) is 5. The fourth-order valence-corrected chi connectivity index (χ4v) is 2.98. The number of hydrogen-bond donors (Lipinski definition) is 2. The van der Waals surface area contributed by atoms with Crippen molar-refractivity contribution in [3.05, 3.63) is 76.9 Å². The van der Waals surface area contributed by atoms with E-state index < -0.39 is 5.97 Å². The second-order valence-electron chi connectivity index (χ2n) is 6.44. The van der Waals surface area contributed by atoms with E-state index in [1.807, 2.05) is 24.3 Å². The molecule has 0 aliphatic heterocycles. The summed E-state index contributed by atoms with van der Waals surface area (Å²) >= 11 is 0. The molecule has 0 spiro atoms. The van der Waals surface area contributed by atoms with Crippen LogP contribution >= 0.6 is 0 Å². The Morgan fingerprint density at radius 2 is 1.97 bits per heavy atom. The van der Waals surface area contributed by atoms with Gasteiger partial charge in [0, 0.05) is 23.6 Å². The Labute approximate surface area is 169 Å². The maximum Gasteiger partial charge on any atom is 0.340 e. The molecule has 0 fully saturated rings. The Morgan fingerprint density at radius 3 is 2.69 bits per heavy atom. The Hall–Kier alpha value is -3.61. The number of nitrogens with one attached hydrogen (secondary N) is 2. The van der Waals surface area contributed by atoms with Gasteiger partial charge in [-0.25, -0.2) is 4.79 Å². The Kier molecular flexibility index (Phi) is 6.29. The van der Waals surface area contributed by atoms with Crippen molar-refractivity contribution in [3.63, 3.8) is 0 Å². The van der Waals surface area contributed by atoms with E-state index in [1.54, 1.807) is 45.2 Å². The maximum absolute atomic E-state index is 12.7. The first-order valence-electron chi connectivity index (χ1n) is 9.30. The summed E-state index contributed by atoms with van der Waals surface area (Å²) in [7, 11) is 0. The number of aryl methyl sites for hydroxylation is 1. The first kappa shape index (κ1) is 20.1. The van der Waals surface area contributed by atoms with Gasteiger partial charge in [0.05, 0.1) is 17.9 Å². The molecular formula is C22H23N3O4. The van der Waals surface area contributed by atoms with Crippen LogP contribution in [0.2, 0.25) is 0 Å². The van der Waals surface area contributed by atoms with Crippen molar-refractivity contribution in [3.8, 4) is 5.75 Å². The standard InChI is InChI=1S/C22H23N3O4/c1-4-28-22(27)19-14(2)20(24-15(19)3)21(26)25-16-9-7-10-18(12-16)29-13-17-8-5-6-11-23-17/h5-12,24H,4,13H2,1-3H3,(H,25,26). The van der Waals surface area contributed by atoms with E-state index in [0.29, 0.717) is 40.6 Å². The number of amides is 1. The topological polar surface area (TPSA) is 93.3 Å². The van der Waals surface area contributed by atoms with Crippen LogP contribution in [0.25, 0.3) is 0 Å². The highest BCUT2D eigenvalue weighted by atomic mass is 16.5. The quantitative estimate of drug-likeness (QED) is 0.591. The fourth-order valence-electron chi connectivity index (χ4n) is 2.98. The summed E-state index contributed by atoms with van der Waals surface area (Å²) in [4.78, 5) is 32.0. The number of carbonyl (C=O) groups excluding carboxylic acids is 2. The number of rotatable bonds is 7. The van der Waals surface area contributed by atoms with Crippen molar-refractivity contribution in [1.82, 2.24) is 9.97 Å². The SMILES string of the molecule is CCOC(=O)c1c(C)[nH]c(C(=O)Nc2cccc(OCc3ccccn3)c2)c1C. The number of nitrogens with zero attached hydrogens (tertiary/aromatic N) is 1. The van der Waals surface area contributed by atoms with Crippen LogP contribution in [0.3, 0.4) is 0 Å². The molecule has 0 saturated heterocycles. The first-order chi connectivity index (χ1) is 14.0. The Bertz CT molecular complexity index is 1010. The average molecular weight is 393 g/mol. The molecule has 2 N–H and O–H groups in total. The molecule has 1 aromatic carbocycles. The van der Waals surface area contributed by atoms with E-state index in [9.17, 15) is 9.59 Å². The molecule has 0 unspecified atom stereocenters. The van der Waals surface area contributed by atoms with E-state index in [0.717, 1.165) is 5.69 Å². The lowest BCUT2D eigenvalue weighted by molar-refractivity contribution is 0.0525. The number of pyridine rings is 1. The number of carbonyl (C=O) groups is 2. The van der Waals surface area contributed by atoms with Gasteiger partial charge >= 0.3 is 5.97 Å². The largest absolute Gasteiger partial charge is 0.487 e. The van der Waals surface area contributed by atoms with Crippen LogP contribution < -0.4 is 10.1 Å². The van der Waals surface area contributed by atoms with Crippen molar-refractivity contribution < 1.29 is 19.1 Å². The lowest BCUT2D eigenvalue weighted by Crippen LogP contribution is -2.14. The number of benzene rings is 1. The molecule has 3 rings (SSSR count). The molecule has 0 bridgehead atoms. The zero-order valence-corrected chi connectivity index (χ0v) is 16.6. The van der Waals surface area contributed by atoms with E-state index in [2.05, 4.69) is 15.3 Å². The normalized spacial score (nSPS) is 10.4. The highest BCUT2D eigenvalue weighted by Gasteiger charge is 2.22. The zero-order chi connectivity index (χ0) is 20.8. The van der Waals surface area contributed by atoms with Gasteiger partial charge in [0.25, 0.3) is 5.91 Å². The van der Waals surface area contributed by atoms with Crippen molar-refractivity contribution in [2.75, 3.05) is 11.9 Å². The Balaban J connectivity index is 1.71. The third kappa shape index (κ3) is 4.82. The molecular weight excluding hydrogens is 370 g/mol. The van der Waals surface area contributed by atoms with Crippen LogP contribution in [0.1, 0.15) is 44.7 Å². The van der Waals surface area contributed by atoms with Gasteiger partial charge in [-0.15, -0.1) is 0 Å². The van der Waals surface area contributed by atoms with Crippen LogP contribution in [0, 0.1) is 13.8 Å². The van der Waals surface area contributed by atoms with E-state index in [1.165, 1.54) is 0 Å². The third-order valence-electron chi connectivity index (χ3n) is 4.35. The molecule has 7 nitrogen and oxygen atoms in total. The number of aromatic nitrogens is 2. The lowest BCUT2D eigenvalue weighted by Gasteiger charge is -2.09. The second kappa shape index (κ2) is 9.05. The van der Waals surface area contributed by atoms with Gasteiger partial charge in [0.15, 0.2) is 0 Å². The van der Waals surface area contributed by atoms with Crippen LogP contribution in [0.5, 0.6) is 5.75 Å². The van der Waals surface area contributed by atoms with Crippen LogP contribution in [-0.4, -0.2) is 28.5 Å². The first-order valence-corrected chi connectivity index (χ1v) is 9.30. The summed E-state index contributed by atoms with van der Waals surface area (Å²) in [5.41, 5.74) is 3.26.